The van der Waals surface area contributed by atoms with Crippen LogP contribution in [0.15, 0.2) is 12.3 Å². The van der Waals surface area contributed by atoms with Crippen molar-refractivity contribution in [3.63, 3.8) is 0 Å². The number of Topliss-reactive ketones (excluding diaryl/α,β-unsaturated/α-hetero) is 1. The molecule has 0 amide bonds. The molecule has 0 aromatic rings. The first-order valence-corrected chi connectivity index (χ1v) is 4.70. The Balaban J connectivity index is 4.38. The summed E-state index contributed by atoms with van der Waals surface area (Å²) in [5.74, 6) is 0.162. The van der Waals surface area contributed by atoms with Crippen molar-refractivity contribution in [2.75, 3.05) is 13.1 Å². The van der Waals surface area contributed by atoms with Crippen LogP contribution in [-0.4, -0.2) is 29.8 Å². The van der Waals surface area contributed by atoms with Gasteiger partial charge in [-0.1, -0.05) is 20.4 Å². The fourth-order valence-corrected chi connectivity index (χ4v) is 1.44. The molecule has 3 nitrogen and oxygen atoms in total. The van der Waals surface area contributed by atoms with Gasteiger partial charge in [0.2, 0.25) is 0 Å². The molecule has 2 N–H and O–H groups in total. The summed E-state index contributed by atoms with van der Waals surface area (Å²) in [6.07, 6.45) is 0.566. The van der Waals surface area contributed by atoms with Crippen LogP contribution in [0, 0.1) is 0 Å². The molecule has 0 aliphatic heterocycles. The lowest BCUT2D eigenvalue weighted by molar-refractivity contribution is -0.122. The maximum absolute atomic E-state index is 11.3. The molecule has 0 saturated heterocycles. The maximum Gasteiger partial charge on any atom is 0.147 e. The van der Waals surface area contributed by atoms with Crippen molar-refractivity contribution in [1.82, 2.24) is 4.90 Å². The molecule has 0 spiro atoms. The highest BCUT2D eigenvalue weighted by molar-refractivity contribution is 5.81. The van der Waals surface area contributed by atoms with E-state index in [-0.39, 0.29) is 11.8 Å². The lowest BCUT2D eigenvalue weighted by Gasteiger charge is -2.27. The Morgan fingerprint density at radius 2 is 1.92 bits per heavy atom. The van der Waals surface area contributed by atoms with Crippen LogP contribution >= 0.6 is 0 Å². The predicted molar refractivity (Wildman–Crippen MR) is 55.3 cm³/mol. The zero-order valence-corrected chi connectivity index (χ0v) is 8.84. The SMILES string of the molecule is C=C(N)C[C@H](C(C)=O)N(CC)CC. The summed E-state index contributed by atoms with van der Waals surface area (Å²) >= 11 is 0. The summed E-state index contributed by atoms with van der Waals surface area (Å²) in [6.45, 7) is 11.0. The van der Waals surface area contributed by atoms with Gasteiger partial charge in [-0.25, -0.2) is 0 Å². The predicted octanol–water partition coefficient (Wildman–Crippen LogP) is 1.15. The number of carbonyl (C=O) groups is 1. The highest BCUT2D eigenvalue weighted by Gasteiger charge is 2.20. The van der Waals surface area contributed by atoms with Gasteiger partial charge in [0.25, 0.3) is 0 Å². The molecule has 3 heteroatoms. The monoisotopic (exact) mass is 184 g/mol. The number of hydrogen-bond acceptors (Lipinski definition) is 3. The number of ketones is 1. The highest BCUT2D eigenvalue weighted by Crippen LogP contribution is 2.08. The Bertz CT molecular complexity index is 185. The number of carbonyl (C=O) groups excluding carboxylic acids is 1. The molecule has 0 rings (SSSR count). The molecule has 0 unspecified atom stereocenters. The third kappa shape index (κ3) is 4.08. The van der Waals surface area contributed by atoms with E-state index in [0.717, 1.165) is 13.1 Å². The Morgan fingerprint density at radius 1 is 1.46 bits per heavy atom. The molecule has 0 aliphatic carbocycles. The van der Waals surface area contributed by atoms with Gasteiger partial charge in [-0.2, -0.15) is 0 Å². The van der Waals surface area contributed by atoms with Crippen LogP contribution in [0.3, 0.4) is 0 Å². The van der Waals surface area contributed by atoms with E-state index >= 15 is 0 Å². The largest absolute Gasteiger partial charge is 0.402 e. The third-order valence-corrected chi connectivity index (χ3v) is 2.18. The Hall–Kier alpha value is -0.830. The molecular weight excluding hydrogens is 164 g/mol. The summed E-state index contributed by atoms with van der Waals surface area (Å²) in [5, 5.41) is 0. The van der Waals surface area contributed by atoms with E-state index in [1.54, 1.807) is 6.92 Å². The van der Waals surface area contributed by atoms with Gasteiger partial charge in [-0.3, -0.25) is 9.69 Å². The van der Waals surface area contributed by atoms with Crippen molar-refractivity contribution in [3.8, 4) is 0 Å². The lowest BCUT2D eigenvalue weighted by Crippen LogP contribution is -2.40. The van der Waals surface area contributed by atoms with E-state index in [4.69, 9.17) is 5.73 Å². The molecule has 0 aliphatic rings. The summed E-state index contributed by atoms with van der Waals surface area (Å²) in [4.78, 5) is 13.4. The van der Waals surface area contributed by atoms with Gasteiger partial charge in [0.05, 0.1) is 6.04 Å². The van der Waals surface area contributed by atoms with E-state index < -0.39 is 0 Å². The summed E-state index contributed by atoms with van der Waals surface area (Å²) in [7, 11) is 0. The Morgan fingerprint density at radius 3 is 2.15 bits per heavy atom. The van der Waals surface area contributed by atoms with Crippen molar-refractivity contribution in [3.05, 3.63) is 12.3 Å². The molecular formula is C10H20N2O. The fourth-order valence-electron chi connectivity index (χ4n) is 1.44. The van der Waals surface area contributed by atoms with Crippen LogP contribution in [0.25, 0.3) is 0 Å². The number of nitrogens with zero attached hydrogens (tertiary/aromatic N) is 1. The van der Waals surface area contributed by atoms with Crippen LogP contribution in [0.4, 0.5) is 0 Å². The first-order chi connectivity index (χ1) is 6.02. The molecule has 1 atom stereocenters. The number of nitrogens with two attached hydrogens (primary N) is 1. The smallest absolute Gasteiger partial charge is 0.147 e. The third-order valence-electron chi connectivity index (χ3n) is 2.18. The molecule has 0 fully saturated rings. The lowest BCUT2D eigenvalue weighted by atomic mass is 10.1. The van der Waals surface area contributed by atoms with Gasteiger partial charge in [-0.15, -0.1) is 0 Å². The van der Waals surface area contributed by atoms with Crippen LogP contribution < -0.4 is 5.73 Å². The van der Waals surface area contributed by atoms with E-state index in [2.05, 4.69) is 11.5 Å². The number of likely N-dealkylation sites (N-methyl/N-ethyl adjacent to an activating group) is 1. The van der Waals surface area contributed by atoms with Gasteiger partial charge in [0.1, 0.15) is 5.78 Å². The zero-order valence-electron chi connectivity index (χ0n) is 8.84. The molecule has 13 heavy (non-hydrogen) atoms. The van der Waals surface area contributed by atoms with E-state index in [0.29, 0.717) is 12.1 Å². The van der Waals surface area contributed by atoms with E-state index in [1.165, 1.54) is 0 Å². The Kier molecular flexibility index (Phi) is 5.39. The number of rotatable bonds is 6. The maximum atomic E-state index is 11.3. The minimum absolute atomic E-state index is 0.0903. The van der Waals surface area contributed by atoms with E-state index in [1.807, 2.05) is 13.8 Å². The first kappa shape index (κ1) is 12.2. The summed E-state index contributed by atoms with van der Waals surface area (Å²) < 4.78 is 0. The van der Waals surface area contributed by atoms with Gasteiger partial charge in [0, 0.05) is 12.1 Å². The molecule has 0 bridgehead atoms. The number of hydrogen-bond donors (Lipinski definition) is 1. The topological polar surface area (TPSA) is 46.3 Å². The summed E-state index contributed by atoms with van der Waals surface area (Å²) in [6, 6.07) is -0.0903. The van der Waals surface area contributed by atoms with Gasteiger partial charge >= 0.3 is 0 Å². The van der Waals surface area contributed by atoms with Crippen LogP contribution in [-0.2, 0) is 4.79 Å². The van der Waals surface area contributed by atoms with Crippen LogP contribution in [0.1, 0.15) is 27.2 Å². The van der Waals surface area contributed by atoms with Crippen molar-refractivity contribution >= 4 is 5.78 Å². The van der Waals surface area contributed by atoms with Crippen molar-refractivity contribution in [2.45, 2.75) is 33.2 Å². The average molecular weight is 184 g/mol. The second kappa shape index (κ2) is 5.75. The molecule has 0 radical (unpaired) electrons. The second-order valence-electron chi connectivity index (χ2n) is 3.21. The van der Waals surface area contributed by atoms with E-state index in [9.17, 15) is 4.79 Å². The van der Waals surface area contributed by atoms with Gasteiger partial charge in [0.15, 0.2) is 0 Å². The second-order valence-corrected chi connectivity index (χ2v) is 3.21. The normalized spacial score (nSPS) is 12.9. The molecule has 0 saturated carbocycles. The first-order valence-electron chi connectivity index (χ1n) is 4.70. The van der Waals surface area contributed by atoms with Gasteiger partial charge < -0.3 is 5.73 Å². The standard InChI is InChI=1S/C10H20N2O/c1-5-12(6-2)10(9(4)13)7-8(3)11/h10H,3,5-7,11H2,1-2,4H3/t10-/m1/s1. The molecule has 0 aromatic carbocycles. The van der Waals surface area contributed by atoms with Crippen LogP contribution in [0.5, 0.6) is 0 Å². The minimum atomic E-state index is -0.0903. The average Bonchev–Trinajstić information content (AvgIpc) is 2.04. The Labute approximate surface area is 80.6 Å². The fraction of sp³-hybridized carbons (Fsp3) is 0.700. The molecule has 76 valence electrons. The zero-order chi connectivity index (χ0) is 10.4. The highest BCUT2D eigenvalue weighted by atomic mass is 16.1. The molecule has 0 aromatic heterocycles. The van der Waals surface area contributed by atoms with Crippen molar-refractivity contribution in [2.24, 2.45) is 5.73 Å². The van der Waals surface area contributed by atoms with Crippen molar-refractivity contribution < 1.29 is 4.79 Å². The van der Waals surface area contributed by atoms with Crippen LogP contribution in [0.2, 0.25) is 0 Å². The van der Waals surface area contributed by atoms with Crippen molar-refractivity contribution in [1.29, 1.82) is 0 Å². The minimum Gasteiger partial charge on any atom is -0.402 e. The summed E-state index contributed by atoms with van der Waals surface area (Å²) in [5.41, 5.74) is 6.08. The quantitative estimate of drug-likeness (QED) is 0.673. The van der Waals surface area contributed by atoms with Gasteiger partial charge in [-0.05, 0) is 20.0 Å². The molecule has 0 heterocycles.